The third-order valence-electron chi connectivity index (χ3n) is 3.33. The normalized spacial score (nSPS) is 11.4. The lowest BCUT2D eigenvalue weighted by Gasteiger charge is -2.08. The van der Waals surface area contributed by atoms with Crippen LogP contribution < -0.4 is 10.0 Å². The van der Waals surface area contributed by atoms with Crippen molar-refractivity contribution < 1.29 is 13.2 Å². The molecule has 1 amide bonds. The van der Waals surface area contributed by atoms with E-state index in [1.54, 1.807) is 25.1 Å². The highest BCUT2D eigenvalue weighted by Crippen LogP contribution is 2.29. The maximum Gasteiger partial charge on any atom is 0.261 e. The Hall–Kier alpha value is -2.16. The number of rotatable bonds is 5. The number of hydrogen-bond acceptors (Lipinski definition) is 5. The molecule has 9 heteroatoms. The number of anilines is 2. The average Bonchev–Trinajstić information content (AvgIpc) is 2.96. The first-order chi connectivity index (χ1) is 11.9. The molecule has 0 radical (unpaired) electrons. The second kappa shape index (κ2) is 6.99. The molecule has 0 bridgehead atoms. The summed E-state index contributed by atoms with van der Waals surface area (Å²) >= 11 is 7.07. The van der Waals surface area contributed by atoms with E-state index in [1.807, 2.05) is 0 Å². The lowest BCUT2D eigenvalue weighted by molar-refractivity contribution is -0.115. The van der Waals surface area contributed by atoms with Gasteiger partial charge in [0.25, 0.3) is 10.0 Å². The Morgan fingerprint density at radius 2 is 1.92 bits per heavy atom. The van der Waals surface area contributed by atoms with Crippen molar-refractivity contribution >= 4 is 59.9 Å². The van der Waals surface area contributed by atoms with Crippen LogP contribution in [0, 0.1) is 0 Å². The van der Waals surface area contributed by atoms with E-state index in [2.05, 4.69) is 15.0 Å². The topological polar surface area (TPSA) is 88.2 Å². The molecule has 0 unspecified atom stereocenters. The minimum atomic E-state index is -3.71. The van der Waals surface area contributed by atoms with Crippen LogP contribution in [0.2, 0.25) is 5.02 Å². The monoisotopic (exact) mass is 395 g/mol. The quantitative estimate of drug-likeness (QED) is 0.680. The van der Waals surface area contributed by atoms with Crippen molar-refractivity contribution in [3.63, 3.8) is 0 Å². The van der Waals surface area contributed by atoms with Gasteiger partial charge in [0.1, 0.15) is 0 Å². The number of benzene rings is 2. The van der Waals surface area contributed by atoms with Gasteiger partial charge < -0.3 is 5.32 Å². The third kappa shape index (κ3) is 4.09. The highest BCUT2D eigenvalue weighted by molar-refractivity contribution is 7.92. The van der Waals surface area contributed by atoms with Crippen molar-refractivity contribution in [1.29, 1.82) is 0 Å². The van der Waals surface area contributed by atoms with Crippen LogP contribution in [0.15, 0.2) is 47.4 Å². The van der Waals surface area contributed by atoms with Crippen molar-refractivity contribution in [3.05, 3.63) is 47.5 Å². The van der Waals surface area contributed by atoms with Gasteiger partial charge in [-0.25, -0.2) is 13.4 Å². The molecule has 1 heterocycles. The van der Waals surface area contributed by atoms with Crippen LogP contribution in [0.1, 0.15) is 13.3 Å². The molecular formula is C16H14ClN3O3S2. The van der Waals surface area contributed by atoms with E-state index in [-0.39, 0.29) is 10.8 Å². The Morgan fingerprint density at radius 1 is 1.20 bits per heavy atom. The lowest BCUT2D eigenvalue weighted by Crippen LogP contribution is -2.12. The first-order valence-corrected chi connectivity index (χ1v) is 10.0. The maximum atomic E-state index is 12.4. The van der Waals surface area contributed by atoms with Gasteiger partial charge >= 0.3 is 0 Å². The summed E-state index contributed by atoms with van der Waals surface area (Å²) in [6.07, 6.45) is 0.363. The maximum absolute atomic E-state index is 12.4. The van der Waals surface area contributed by atoms with E-state index in [0.29, 0.717) is 27.8 Å². The zero-order chi connectivity index (χ0) is 18.0. The van der Waals surface area contributed by atoms with Crippen molar-refractivity contribution in [2.75, 3.05) is 10.0 Å². The zero-order valence-electron chi connectivity index (χ0n) is 13.1. The minimum absolute atomic E-state index is 0.122. The molecule has 0 aliphatic carbocycles. The van der Waals surface area contributed by atoms with Gasteiger partial charge in [-0.3, -0.25) is 9.52 Å². The number of hydrogen-bond donors (Lipinski definition) is 2. The van der Waals surface area contributed by atoms with Crippen molar-refractivity contribution in [2.24, 2.45) is 0 Å². The number of carbonyl (C=O) groups excluding carboxylic acids is 1. The first-order valence-electron chi connectivity index (χ1n) is 7.36. The number of aromatic nitrogens is 1. The molecule has 1 aromatic heterocycles. The summed E-state index contributed by atoms with van der Waals surface area (Å²) in [5.41, 5.74) is 1.10. The molecule has 0 spiro atoms. The predicted molar refractivity (Wildman–Crippen MR) is 101 cm³/mol. The summed E-state index contributed by atoms with van der Waals surface area (Å²) in [6.45, 7) is 1.76. The molecule has 0 fully saturated rings. The highest BCUT2D eigenvalue weighted by atomic mass is 35.5. The Bertz CT molecular complexity index is 1030. The number of sulfonamides is 1. The third-order valence-corrected chi connectivity index (χ3v) is 5.91. The zero-order valence-corrected chi connectivity index (χ0v) is 15.5. The van der Waals surface area contributed by atoms with Crippen molar-refractivity contribution in [3.8, 4) is 0 Å². The molecule has 0 saturated carbocycles. The van der Waals surface area contributed by atoms with E-state index >= 15 is 0 Å². The predicted octanol–water partition coefficient (Wildman–Crippen LogP) is 4.10. The fraction of sp³-hybridized carbons (Fsp3) is 0.125. The number of nitrogens with one attached hydrogen (secondary N) is 2. The molecule has 0 aliphatic rings. The van der Waals surface area contributed by atoms with Crippen molar-refractivity contribution in [2.45, 2.75) is 18.2 Å². The molecule has 0 aliphatic heterocycles. The Balaban J connectivity index is 1.86. The van der Waals surface area contributed by atoms with Crippen LogP contribution in [0.5, 0.6) is 0 Å². The molecule has 2 aromatic carbocycles. The summed E-state index contributed by atoms with van der Waals surface area (Å²) in [5.74, 6) is -0.122. The van der Waals surface area contributed by atoms with Crippen LogP contribution in [0.4, 0.5) is 10.8 Å². The van der Waals surface area contributed by atoms with Gasteiger partial charge in [0.15, 0.2) is 5.13 Å². The van der Waals surface area contributed by atoms with E-state index in [1.165, 1.54) is 35.6 Å². The molecular weight excluding hydrogens is 382 g/mol. The van der Waals surface area contributed by atoms with E-state index in [0.717, 1.165) is 4.70 Å². The highest BCUT2D eigenvalue weighted by Gasteiger charge is 2.15. The van der Waals surface area contributed by atoms with Crippen LogP contribution in [-0.4, -0.2) is 19.3 Å². The van der Waals surface area contributed by atoms with Gasteiger partial charge in [-0.2, -0.15) is 0 Å². The molecule has 0 atom stereocenters. The van der Waals surface area contributed by atoms with Crippen LogP contribution in [0.3, 0.4) is 0 Å². The fourth-order valence-corrected chi connectivity index (χ4v) is 4.17. The summed E-state index contributed by atoms with van der Waals surface area (Å²) < 4.78 is 28.1. The first kappa shape index (κ1) is 17.7. The smallest absolute Gasteiger partial charge is 0.261 e. The van der Waals surface area contributed by atoms with Crippen LogP contribution >= 0.6 is 22.9 Å². The van der Waals surface area contributed by atoms with Crippen molar-refractivity contribution in [1.82, 2.24) is 4.98 Å². The Morgan fingerprint density at radius 3 is 2.60 bits per heavy atom. The van der Waals surface area contributed by atoms with E-state index in [9.17, 15) is 13.2 Å². The van der Waals surface area contributed by atoms with Gasteiger partial charge in [-0.1, -0.05) is 29.9 Å². The summed E-state index contributed by atoms with van der Waals surface area (Å²) in [6, 6.07) is 10.9. The largest absolute Gasteiger partial charge is 0.302 e. The molecule has 2 N–H and O–H groups in total. The number of halogens is 1. The summed E-state index contributed by atoms with van der Waals surface area (Å²) in [4.78, 5) is 15.9. The summed E-state index contributed by atoms with van der Waals surface area (Å²) in [7, 11) is -3.71. The lowest BCUT2D eigenvalue weighted by atomic mass is 10.3. The van der Waals surface area contributed by atoms with Gasteiger partial charge in [0.2, 0.25) is 5.91 Å². The second-order valence-electron chi connectivity index (χ2n) is 5.16. The molecule has 25 heavy (non-hydrogen) atoms. The molecule has 3 rings (SSSR count). The molecule has 3 aromatic rings. The standard InChI is InChI=1S/C16H14ClN3O3S2/c1-2-15(21)19-16-18-13-8-5-11(9-14(13)24-16)20-25(22,23)12-6-3-10(17)4-7-12/h3-9,20H,2H2,1H3,(H,18,19,21). The van der Waals surface area contributed by atoms with E-state index in [4.69, 9.17) is 11.6 Å². The average molecular weight is 396 g/mol. The van der Waals surface area contributed by atoms with Gasteiger partial charge in [-0.05, 0) is 42.5 Å². The minimum Gasteiger partial charge on any atom is -0.302 e. The van der Waals surface area contributed by atoms with Crippen LogP contribution in [0.25, 0.3) is 10.2 Å². The second-order valence-corrected chi connectivity index (χ2v) is 8.31. The van der Waals surface area contributed by atoms with Gasteiger partial charge in [-0.15, -0.1) is 0 Å². The fourth-order valence-electron chi connectivity index (χ4n) is 2.08. The SMILES string of the molecule is CCC(=O)Nc1nc2ccc(NS(=O)(=O)c3ccc(Cl)cc3)cc2s1. The van der Waals surface area contributed by atoms with E-state index < -0.39 is 10.0 Å². The number of nitrogens with zero attached hydrogens (tertiary/aromatic N) is 1. The molecule has 130 valence electrons. The number of thiazole rings is 1. The molecule has 6 nitrogen and oxygen atoms in total. The summed E-state index contributed by atoms with van der Waals surface area (Å²) in [5, 5.41) is 3.65. The number of amides is 1. The number of fused-ring (bicyclic) bond motifs is 1. The number of carbonyl (C=O) groups is 1. The molecule has 0 saturated heterocycles. The van der Waals surface area contributed by atoms with Gasteiger partial charge in [0.05, 0.1) is 20.8 Å². The van der Waals surface area contributed by atoms with Gasteiger partial charge in [0, 0.05) is 11.4 Å². The Kier molecular flexibility index (Phi) is 4.94. The Labute approximate surface area is 153 Å². The van der Waals surface area contributed by atoms with Crippen LogP contribution in [-0.2, 0) is 14.8 Å².